The van der Waals surface area contributed by atoms with Crippen LogP contribution in [0.3, 0.4) is 0 Å². The molecule has 0 radical (unpaired) electrons. The molecule has 2 aliphatic rings. The van der Waals surface area contributed by atoms with E-state index in [0.717, 1.165) is 43.6 Å². The zero-order valence-corrected chi connectivity index (χ0v) is 37.1. The molecule has 0 amide bonds. The summed E-state index contributed by atoms with van der Waals surface area (Å²) in [6.07, 6.45) is 16.8. The highest BCUT2D eigenvalue weighted by Crippen LogP contribution is 2.51. The first-order valence-corrected chi connectivity index (χ1v) is 23.2. The Kier molecular flexibility index (Phi) is 14.2. The molecule has 6 rings (SSSR count). The Bertz CT molecular complexity index is 2410. The van der Waals surface area contributed by atoms with Gasteiger partial charge in [-0.1, -0.05) is 80.5 Å². The number of hydrogen-bond acceptors (Lipinski definition) is 6. The number of hydrogen-bond donors (Lipinski definition) is 2. The van der Waals surface area contributed by atoms with Crippen LogP contribution in [0, 0.1) is 12.8 Å². The van der Waals surface area contributed by atoms with Crippen molar-refractivity contribution in [2.24, 2.45) is 5.92 Å². The SMILES string of the molecule is Cc1ccc2ccc3c(c2c1)C(C)(C)C(C=CC=CC=C1N(CCCOc2ccc(O)cc2)c2ccccc2C1(C)CCCCS(=O)(=O)O)=[N+]3CCCCCC(=O)C(C)C. The summed E-state index contributed by atoms with van der Waals surface area (Å²) in [6, 6.07) is 26.4. The van der Waals surface area contributed by atoms with E-state index in [2.05, 4.69) is 122 Å². The molecule has 2 heterocycles. The van der Waals surface area contributed by atoms with Gasteiger partial charge < -0.3 is 14.7 Å². The Morgan fingerprint density at radius 2 is 1.63 bits per heavy atom. The topological polar surface area (TPSA) is 107 Å². The zero-order valence-electron chi connectivity index (χ0n) is 36.3. The third-order valence-corrected chi connectivity index (χ3v) is 13.1. The van der Waals surface area contributed by atoms with Crippen LogP contribution in [0.4, 0.5) is 11.4 Å². The lowest BCUT2D eigenvalue weighted by molar-refractivity contribution is -0.438. The summed E-state index contributed by atoms with van der Waals surface area (Å²) in [4.78, 5) is 14.7. The van der Waals surface area contributed by atoms with E-state index in [4.69, 9.17) is 4.74 Å². The smallest absolute Gasteiger partial charge is 0.264 e. The van der Waals surface area contributed by atoms with Crippen LogP contribution in [0.15, 0.2) is 115 Å². The fourth-order valence-electron chi connectivity index (χ4n) is 9.07. The summed E-state index contributed by atoms with van der Waals surface area (Å²) in [5.41, 5.74) is 7.91. The minimum Gasteiger partial charge on any atom is -0.508 e. The summed E-state index contributed by atoms with van der Waals surface area (Å²) >= 11 is 0. The number of Topliss-reactive ketones (excluding diaryl/α,β-unsaturated/α-hetero) is 1. The molecule has 2 N–H and O–H groups in total. The molecule has 1 unspecified atom stereocenters. The largest absolute Gasteiger partial charge is 0.508 e. The van der Waals surface area contributed by atoms with Crippen LogP contribution < -0.4 is 9.64 Å². The van der Waals surface area contributed by atoms with Gasteiger partial charge in [0.15, 0.2) is 5.71 Å². The standard InChI is InChI=1S/C51H62N2O6S/c1-37(2)46(55)20-9-8-15-32-53-45-30-25-39-24-23-38(3)36-42(39)49(45)50(4,5)47(53)21-10-7-11-22-48-51(6,31-14-16-35-60(56,57)58)43-18-12-13-19-44(43)52(48)33-17-34-59-41-28-26-40(54)27-29-41/h7,10-13,18-19,21-30,36-37H,8-9,14-17,20,31-35H2,1-6H3,(H-,54,56,57,58)/p+1. The van der Waals surface area contributed by atoms with Crippen LogP contribution in [0.2, 0.25) is 0 Å². The molecule has 1 atom stereocenters. The molecule has 4 aromatic carbocycles. The summed E-state index contributed by atoms with van der Waals surface area (Å²) in [6.45, 7) is 15.1. The summed E-state index contributed by atoms with van der Waals surface area (Å²) < 4.78 is 41.1. The van der Waals surface area contributed by atoms with E-state index in [1.807, 2.05) is 13.8 Å². The molecule has 9 heteroatoms. The summed E-state index contributed by atoms with van der Waals surface area (Å²) in [5.74, 6) is 1.07. The number of carbonyl (C=O) groups excluding carboxylic acids is 1. The lowest BCUT2D eigenvalue weighted by atomic mass is 9.77. The van der Waals surface area contributed by atoms with E-state index in [9.17, 15) is 22.9 Å². The number of aryl methyl sites for hydroxylation is 1. The number of carbonyl (C=O) groups is 1. The Morgan fingerprint density at radius 1 is 0.883 bits per heavy atom. The van der Waals surface area contributed by atoms with Crippen LogP contribution in [-0.4, -0.2) is 59.6 Å². The van der Waals surface area contributed by atoms with Gasteiger partial charge in [0.1, 0.15) is 23.8 Å². The van der Waals surface area contributed by atoms with Gasteiger partial charge >= 0.3 is 0 Å². The van der Waals surface area contributed by atoms with Crippen LogP contribution in [0.5, 0.6) is 11.5 Å². The first-order chi connectivity index (χ1) is 28.6. The fraction of sp³-hybridized carbons (Fsp3) is 0.412. The monoisotopic (exact) mass is 831 g/mol. The number of allylic oxidation sites excluding steroid dienone is 6. The number of aromatic hydroxyl groups is 1. The Labute approximate surface area is 357 Å². The maximum atomic E-state index is 12.3. The second kappa shape index (κ2) is 19.2. The van der Waals surface area contributed by atoms with Crippen molar-refractivity contribution in [2.75, 3.05) is 30.3 Å². The van der Waals surface area contributed by atoms with E-state index in [1.54, 1.807) is 24.3 Å². The van der Waals surface area contributed by atoms with Gasteiger partial charge in [-0.2, -0.15) is 13.0 Å². The van der Waals surface area contributed by atoms with Crippen LogP contribution in [0.25, 0.3) is 10.8 Å². The van der Waals surface area contributed by atoms with Crippen molar-refractivity contribution < 1.29 is 32.2 Å². The van der Waals surface area contributed by atoms with Crippen molar-refractivity contribution in [2.45, 2.75) is 104 Å². The number of anilines is 1. The van der Waals surface area contributed by atoms with Crippen LogP contribution in [-0.2, 0) is 25.7 Å². The van der Waals surface area contributed by atoms with Crippen molar-refractivity contribution in [1.29, 1.82) is 0 Å². The molecule has 0 saturated heterocycles. The maximum Gasteiger partial charge on any atom is 0.264 e. The molecule has 0 spiro atoms. The second-order valence-corrected chi connectivity index (χ2v) is 19.1. The van der Waals surface area contributed by atoms with Gasteiger partial charge in [0.05, 0.1) is 17.8 Å². The molecule has 0 bridgehead atoms. The van der Waals surface area contributed by atoms with Gasteiger partial charge in [-0.15, -0.1) is 0 Å². The highest BCUT2D eigenvalue weighted by Gasteiger charge is 2.45. The second-order valence-electron chi connectivity index (χ2n) is 17.5. The van der Waals surface area contributed by atoms with Crippen LogP contribution >= 0.6 is 0 Å². The van der Waals surface area contributed by atoms with Gasteiger partial charge in [0.25, 0.3) is 10.1 Å². The molecule has 0 aromatic heterocycles. The van der Waals surface area contributed by atoms with Gasteiger partial charge in [-0.05, 0) is 119 Å². The van der Waals surface area contributed by atoms with E-state index >= 15 is 0 Å². The first kappa shape index (κ1) is 44.6. The molecule has 0 saturated carbocycles. The number of para-hydroxylation sites is 1. The molecular weight excluding hydrogens is 769 g/mol. The fourth-order valence-corrected chi connectivity index (χ4v) is 9.64. The predicted octanol–water partition coefficient (Wildman–Crippen LogP) is 11.3. The van der Waals surface area contributed by atoms with Crippen molar-refractivity contribution in [1.82, 2.24) is 0 Å². The number of phenolic OH excluding ortho intramolecular Hbond substituents is 1. The third-order valence-electron chi connectivity index (χ3n) is 12.3. The molecular formula is C51H63N2O6S+. The lowest BCUT2D eigenvalue weighted by Crippen LogP contribution is -2.30. The lowest BCUT2D eigenvalue weighted by Gasteiger charge is -2.30. The van der Waals surface area contributed by atoms with E-state index < -0.39 is 10.1 Å². The highest BCUT2D eigenvalue weighted by molar-refractivity contribution is 7.85. The number of benzene rings is 4. The zero-order chi connectivity index (χ0) is 43.1. The minimum atomic E-state index is -4.04. The average Bonchev–Trinajstić information content (AvgIpc) is 3.57. The summed E-state index contributed by atoms with van der Waals surface area (Å²) in [7, 11) is -4.04. The molecule has 0 aliphatic carbocycles. The van der Waals surface area contributed by atoms with Crippen molar-refractivity contribution in [3.63, 3.8) is 0 Å². The van der Waals surface area contributed by atoms with Crippen molar-refractivity contribution in [3.05, 3.63) is 132 Å². The van der Waals surface area contributed by atoms with Gasteiger partial charge in [-0.3, -0.25) is 9.35 Å². The molecule has 8 nitrogen and oxygen atoms in total. The van der Waals surface area contributed by atoms with E-state index in [0.29, 0.717) is 50.4 Å². The number of rotatable bonds is 20. The van der Waals surface area contributed by atoms with Crippen LogP contribution in [0.1, 0.15) is 103 Å². The quantitative estimate of drug-likeness (QED) is 0.0395. The Balaban J connectivity index is 1.28. The molecule has 60 heavy (non-hydrogen) atoms. The normalized spacial score (nSPS) is 18.1. The Hall–Kier alpha value is -4.99. The van der Waals surface area contributed by atoms with E-state index in [-0.39, 0.29) is 28.3 Å². The molecule has 0 fully saturated rings. The number of ether oxygens (including phenoxy) is 1. The average molecular weight is 832 g/mol. The van der Waals surface area contributed by atoms with Gasteiger partial charge in [0, 0.05) is 59.8 Å². The Morgan fingerprint density at radius 3 is 2.38 bits per heavy atom. The molecule has 318 valence electrons. The molecule has 4 aromatic rings. The number of fused-ring (bicyclic) bond motifs is 4. The number of ketones is 1. The third kappa shape index (κ3) is 10.3. The number of phenols is 1. The molecule has 2 aliphatic heterocycles. The maximum absolute atomic E-state index is 12.3. The van der Waals surface area contributed by atoms with Crippen molar-refractivity contribution in [3.8, 4) is 11.5 Å². The number of unbranched alkanes of at least 4 members (excludes halogenated alkanes) is 3. The minimum absolute atomic E-state index is 0.0812. The first-order valence-electron chi connectivity index (χ1n) is 21.6. The predicted molar refractivity (Wildman–Crippen MR) is 246 cm³/mol. The highest BCUT2D eigenvalue weighted by atomic mass is 32.2. The van der Waals surface area contributed by atoms with E-state index in [1.165, 1.54) is 38.9 Å². The summed E-state index contributed by atoms with van der Waals surface area (Å²) in [5, 5.41) is 12.2. The number of nitrogens with zero attached hydrogens (tertiary/aromatic N) is 2. The van der Waals surface area contributed by atoms with Gasteiger partial charge in [-0.25, -0.2) is 0 Å². The van der Waals surface area contributed by atoms with Gasteiger partial charge in [0.2, 0.25) is 5.69 Å². The van der Waals surface area contributed by atoms with Crippen molar-refractivity contribution >= 4 is 43.8 Å².